The summed E-state index contributed by atoms with van der Waals surface area (Å²) in [5.74, 6) is 0.745. The van der Waals surface area contributed by atoms with E-state index in [2.05, 4.69) is 43.0 Å². The van der Waals surface area contributed by atoms with Crippen molar-refractivity contribution < 1.29 is 0 Å². The van der Waals surface area contributed by atoms with E-state index >= 15 is 0 Å². The molecule has 0 unspecified atom stereocenters. The Labute approximate surface area is 128 Å². The van der Waals surface area contributed by atoms with E-state index in [-0.39, 0.29) is 0 Å². The largest absolute Gasteiger partial charge is 0.389 e. The van der Waals surface area contributed by atoms with Crippen LogP contribution in [0.2, 0.25) is 0 Å². The first-order valence-corrected chi connectivity index (χ1v) is 8.15. The molecule has 2 N–H and O–H groups in total. The summed E-state index contributed by atoms with van der Waals surface area (Å²) in [4.78, 5) is 3.07. The van der Waals surface area contributed by atoms with Crippen molar-refractivity contribution in [3.63, 3.8) is 0 Å². The number of benzene rings is 1. The lowest BCUT2D eigenvalue weighted by Gasteiger charge is -2.32. The molecule has 0 saturated heterocycles. The van der Waals surface area contributed by atoms with E-state index in [0.717, 1.165) is 18.0 Å². The number of hydrogen-bond donors (Lipinski definition) is 1. The van der Waals surface area contributed by atoms with Crippen LogP contribution in [0.25, 0.3) is 0 Å². The smallest absolute Gasteiger partial charge is 0.103 e. The third-order valence-corrected chi connectivity index (χ3v) is 4.43. The van der Waals surface area contributed by atoms with Gasteiger partial charge in [-0.15, -0.1) is 0 Å². The zero-order chi connectivity index (χ0) is 14.5. The molecule has 0 atom stereocenters. The van der Waals surface area contributed by atoms with Gasteiger partial charge in [-0.1, -0.05) is 38.9 Å². The molecule has 0 radical (unpaired) electrons. The van der Waals surface area contributed by atoms with Gasteiger partial charge in [-0.2, -0.15) is 0 Å². The highest BCUT2D eigenvalue weighted by Gasteiger charge is 2.22. The molecular formula is C17H26N2S. The van der Waals surface area contributed by atoms with E-state index in [9.17, 15) is 0 Å². The highest BCUT2D eigenvalue weighted by molar-refractivity contribution is 7.80. The summed E-state index contributed by atoms with van der Waals surface area (Å²) in [5.41, 5.74) is 7.95. The number of thiocarbonyl (C=S) groups is 1. The van der Waals surface area contributed by atoms with E-state index in [1.807, 2.05) is 0 Å². The van der Waals surface area contributed by atoms with Crippen LogP contribution in [0.3, 0.4) is 0 Å². The molecule has 0 heterocycles. The van der Waals surface area contributed by atoms with Crippen LogP contribution in [0.15, 0.2) is 24.3 Å². The Morgan fingerprint density at radius 2 is 1.85 bits per heavy atom. The van der Waals surface area contributed by atoms with E-state index < -0.39 is 0 Å². The van der Waals surface area contributed by atoms with Crippen LogP contribution in [0, 0.1) is 5.92 Å². The molecule has 20 heavy (non-hydrogen) atoms. The van der Waals surface area contributed by atoms with Crippen molar-refractivity contribution >= 4 is 22.9 Å². The van der Waals surface area contributed by atoms with Crippen LogP contribution in [-0.4, -0.2) is 17.6 Å². The van der Waals surface area contributed by atoms with Gasteiger partial charge in [0.05, 0.1) is 0 Å². The van der Waals surface area contributed by atoms with Crippen LogP contribution in [0.4, 0.5) is 5.69 Å². The number of hydrogen-bond acceptors (Lipinski definition) is 2. The summed E-state index contributed by atoms with van der Waals surface area (Å²) in [6.45, 7) is 5.74. The van der Waals surface area contributed by atoms with E-state index in [0.29, 0.717) is 11.0 Å². The molecular weight excluding hydrogens is 264 g/mol. The Kier molecular flexibility index (Phi) is 5.41. The fraction of sp³-hybridized carbons (Fsp3) is 0.588. The van der Waals surface area contributed by atoms with Crippen LogP contribution in [0.1, 0.15) is 51.5 Å². The summed E-state index contributed by atoms with van der Waals surface area (Å²) in [5, 5.41) is 0. The number of nitrogens with zero attached hydrogens (tertiary/aromatic N) is 1. The maximum atomic E-state index is 5.68. The molecule has 1 aliphatic carbocycles. The SMILES string of the molecule is CC(C)CCN(c1ccc(C(N)=S)cc1)C1CCCC1. The predicted molar refractivity (Wildman–Crippen MR) is 91.4 cm³/mol. The van der Waals surface area contributed by atoms with E-state index in [4.69, 9.17) is 18.0 Å². The van der Waals surface area contributed by atoms with Gasteiger partial charge in [0, 0.05) is 23.8 Å². The molecule has 0 amide bonds. The maximum Gasteiger partial charge on any atom is 0.103 e. The summed E-state index contributed by atoms with van der Waals surface area (Å²) in [6.07, 6.45) is 6.64. The zero-order valence-electron chi connectivity index (χ0n) is 12.6. The third-order valence-electron chi connectivity index (χ3n) is 4.20. The number of anilines is 1. The topological polar surface area (TPSA) is 29.3 Å². The minimum atomic E-state index is 0.478. The van der Waals surface area contributed by atoms with Crippen LogP contribution in [-0.2, 0) is 0 Å². The maximum absolute atomic E-state index is 5.68. The van der Waals surface area contributed by atoms with Gasteiger partial charge >= 0.3 is 0 Å². The van der Waals surface area contributed by atoms with Gasteiger partial charge in [0.1, 0.15) is 4.99 Å². The first kappa shape index (κ1) is 15.3. The molecule has 0 aromatic heterocycles. The van der Waals surface area contributed by atoms with Crippen LogP contribution < -0.4 is 10.6 Å². The summed E-state index contributed by atoms with van der Waals surface area (Å²) in [6, 6.07) is 9.16. The molecule has 1 aliphatic rings. The van der Waals surface area contributed by atoms with Gasteiger partial charge < -0.3 is 10.6 Å². The van der Waals surface area contributed by atoms with Crippen molar-refractivity contribution in [2.75, 3.05) is 11.4 Å². The normalized spacial score (nSPS) is 15.8. The molecule has 3 heteroatoms. The highest BCUT2D eigenvalue weighted by Crippen LogP contribution is 2.29. The Morgan fingerprint density at radius 3 is 2.35 bits per heavy atom. The standard InChI is InChI=1S/C17H26N2S/c1-13(2)11-12-19(15-5-3-4-6-15)16-9-7-14(8-10-16)17(18)20/h7-10,13,15H,3-6,11-12H2,1-2H3,(H2,18,20). The van der Waals surface area contributed by atoms with E-state index in [1.165, 1.54) is 37.8 Å². The lowest BCUT2D eigenvalue weighted by molar-refractivity contribution is 0.528. The zero-order valence-corrected chi connectivity index (χ0v) is 13.5. The second-order valence-electron chi connectivity index (χ2n) is 6.23. The summed E-state index contributed by atoms with van der Waals surface area (Å²) in [7, 11) is 0. The molecule has 0 bridgehead atoms. The fourth-order valence-corrected chi connectivity index (χ4v) is 3.09. The van der Waals surface area contributed by atoms with Gasteiger partial charge in [0.15, 0.2) is 0 Å². The lowest BCUT2D eigenvalue weighted by atomic mass is 10.1. The van der Waals surface area contributed by atoms with Gasteiger partial charge in [0.2, 0.25) is 0 Å². The molecule has 110 valence electrons. The molecule has 1 fully saturated rings. The number of rotatable bonds is 6. The van der Waals surface area contributed by atoms with Gasteiger partial charge in [-0.3, -0.25) is 0 Å². The third kappa shape index (κ3) is 3.95. The molecule has 0 spiro atoms. The van der Waals surface area contributed by atoms with Crippen molar-refractivity contribution in [2.24, 2.45) is 11.7 Å². The average Bonchev–Trinajstić information content (AvgIpc) is 2.93. The van der Waals surface area contributed by atoms with Gasteiger partial charge in [-0.25, -0.2) is 0 Å². The second-order valence-corrected chi connectivity index (χ2v) is 6.67. The quantitative estimate of drug-likeness (QED) is 0.799. The van der Waals surface area contributed by atoms with Crippen molar-refractivity contribution in [3.05, 3.63) is 29.8 Å². The van der Waals surface area contributed by atoms with Gasteiger partial charge in [0.25, 0.3) is 0 Å². The predicted octanol–water partition coefficient (Wildman–Crippen LogP) is 4.12. The molecule has 1 aromatic carbocycles. The van der Waals surface area contributed by atoms with Crippen LogP contribution in [0.5, 0.6) is 0 Å². The van der Waals surface area contributed by atoms with Crippen molar-refractivity contribution in [3.8, 4) is 0 Å². The van der Waals surface area contributed by atoms with Crippen LogP contribution >= 0.6 is 12.2 Å². The summed E-state index contributed by atoms with van der Waals surface area (Å²) < 4.78 is 0. The Bertz CT molecular complexity index is 433. The Balaban J connectivity index is 2.13. The molecule has 0 aliphatic heterocycles. The molecule has 2 rings (SSSR count). The van der Waals surface area contributed by atoms with E-state index in [1.54, 1.807) is 0 Å². The average molecular weight is 290 g/mol. The minimum Gasteiger partial charge on any atom is -0.389 e. The molecule has 1 aromatic rings. The minimum absolute atomic E-state index is 0.478. The monoisotopic (exact) mass is 290 g/mol. The van der Waals surface area contributed by atoms with Crippen molar-refractivity contribution in [1.29, 1.82) is 0 Å². The molecule has 1 saturated carbocycles. The van der Waals surface area contributed by atoms with Crippen molar-refractivity contribution in [2.45, 2.75) is 52.0 Å². The first-order valence-electron chi connectivity index (χ1n) is 7.74. The Morgan fingerprint density at radius 1 is 1.25 bits per heavy atom. The second kappa shape index (κ2) is 7.07. The lowest BCUT2D eigenvalue weighted by Crippen LogP contribution is -2.34. The Hall–Kier alpha value is -1.09. The summed E-state index contributed by atoms with van der Waals surface area (Å²) >= 11 is 5.03. The first-order chi connectivity index (χ1) is 9.58. The highest BCUT2D eigenvalue weighted by atomic mass is 32.1. The number of nitrogens with two attached hydrogens (primary N) is 1. The van der Waals surface area contributed by atoms with Crippen molar-refractivity contribution in [1.82, 2.24) is 0 Å². The van der Waals surface area contributed by atoms with Gasteiger partial charge in [-0.05, 0) is 49.4 Å². The fourth-order valence-electron chi connectivity index (χ4n) is 2.95. The molecule has 2 nitrogen and oxygen atoms in total.